The smallest absolute Gasteiger partial charge is 0.410 e. The van der Waals surface area contributed by atoms with E-state index < -0.39 is 5.60 Å². The number of carbonyl (C=O) groups is 2. The molecule has 3 rings (SSSR count). The molecule has 1 aromatic carbocycles. The van der Waals surface area contributed by atoms with Crippen LogP contribution in [0.5, 0.6) is 0 Å². The van der Waals surface area contributed by atoms with Crippen molar-refractivity contribution in [2.24, 2.45) is 0 Å². The third kappa shape index (κ3) is 4.85. The monoisotopic (exact) mass is 387 g/mol. The summed E-state index contributed by atoms with van der Waals surface area (Å²) in [5, 5.41) is 0. The Balaban J connectivity index is 1.57. The van der Waals surface area contributed by atoms with Gasteiger partial charge in [0.2, 0.25) is 5.91 Å². The SMILES string of the molecule is Cc1ccc(CN2CC[C@@H](N3CCN(C(=O)OC(C)(C)C)C[C@H]3C)C2=O)cc1. The van der Waals surface area contributed by atoms with E-state index >= 15 is 0 Å². The van der Waals surface area contributed by atoms with Gasteiger partial charge in [-0.1, -0.05) is 29.8 Å². The summed E-state index contributed by atoms with van der Waals surface area (Å²) in [6, 6.07) is 8.42. The Labute approximate surface area is 168 Å². The summed E-state index contributed by atoms with van der Waals surface area (Å²) >= 11 is 0. The number of benzene rings is 1. The molecular formula is C22H33N3O3. The molecule has 1 aromatic rings. The molecule has 2 aliphatic rings. The van der Waals surface area contributed by atoms with Crippen LogP contribution in [0.4, 0.5) is 4.79 Å². The zero-order valence-electron chi connectivity index (χ0n) is 17.8. The minimum Gasteiger partial charge on any atom is -0.444 e. The molecule has 2 saturated heterocycles. The van der Waals surface area contributed by atoms with E-state index in [0.717, 1.165) is 13.0 Å². The fourth-order valence-electron chi connectivity index (χ4n) is 4.03. The maximum Gasteiger partial charge on any atom is 0.410 e. The Bertz CT molecular complexity index is 711. The third-order valence-electron chi connectivity index (χ3n) is 5.49. The lowest BCUT2D eigenvalue weighted by molar-refractivity contribution is -0.134. The summed E-state index contributed by atoms with van der Waals surface area (Å²) in [5.74, 6) is 0.207. The first-order valence-corrected chi connectivity index (χ1v) is 10.2. The van der Waals surface area contributed by atoms with Crippen molar-refractivity contribution < 1.29 is 14.3 Å². The Morgan fingerprint density at radius 2 is 1.82 bits per heavy atom. The maximum absolute atomic E-state index is 13.0. The number of amides is 2. The molecule has 0 N–H and O–H groups in total. The second-order valence-electron chi connectivity index (χ2n) is 9.06. The Morgan fingerprint density at radius 1 is 1.14 bits per heavy atom. The predicted molar refractivity (Wildman–Crippen MR) is 109 cm³/mol. The molecule has 28 heavy (non-hydrogen) atoms. The molecule has 2 fully saturated rings. The minimum absolute atomic E-state index is 0.0822. The van der Waals surface area contributed by atoms with Crippen LogP contribution in [0.2, 0.25) is 0 Å². The number of nitrogens with zero attached hydrogens (tertiary/aromatic N) is 3. The minimum atomic E-state index is -0.491. The lowest BCUT2D eigenvalue weighted by Gasteiger charge is -2.42. The number of rotatable bonds is 3. The highest BCUT2D eigenvalue weighted by atomic mass is 16.6. The highest BCUT2D eigenvalue weighted by molar-refractivity contribution is 5.84. The second-order valence-corrected chi connectivity index (χ2v) is 9.06. The van der Waals surface area contributed by atoms with E-state index in [-0.39, 0.29) is 24.1 Å². The lowest BCUT2D eigenvalue weighted by atomic mass is 10.1. The fourth-order valence-corrected chi connectivity index (χ4v) is 4.03. The van der Waals surface area contributed by atoms with E-state index in [0.29, 0.717) is 26.2 Å². The molecule has 0 bridgehead atoms. The first-order valence-electron chi connectivity index (χ1n) is 10.2. The van der Waals surface area contributed by atoms with Crippen molar-refractivity contribution in [1.29, 1.82) is 0 Å². The van der Waals surface area contributed by atoms with Crippen molar-refractivity contribution in [3.05, 3.63) is 35.4 Å². The topological polar surface area (TPSA) is 53.1 Å². The quantitative estimate of drug-likeness (QED) is 0.800. The van der Waals surface area contributed by atoms with Crippen LogP contribution in [0.15, 0.2) is 24.3 Å². The number of carbonyl (C=O) groups excluding carboxylic acids is 2. The van der Waals surface area contributed by atoms with Gasteiger partial charge in [-0.25, -0.2) is 4.79 Å². The fraction of sp³-hybridized carbons (Fsp3) is 0.636. The molecule has 0 aliphatic carbocycles. The van der Waals surface area contributed by atoms with E-state index in [1.165, 1.54) is 11.1 Å². The molecule has 6 nitrogen and oxygen atoms in total. The average molecular weight is 388 g/mol. The Morgan fingerprint density at radius 3 is 2.43 bits per heavy atom. The van der Waals surface area contributed by atoms with Crippen LogP contribution in [-0.2, 0) is 16.1 Å². The number of ether oxygens (including phenoxy) is 1. The standard InChI is InChI=1S/C22H33N3O3/c1-16-6-8-18(9-7-16)15-23-11-10-19(20(23)26)25-13-12-24(14-17(25)2)21(27)28-22(3,4)5/h6-9,17,19H,10-15H2,1-5H3/t17-,19-/m1/s1. The van der Waals surface area contributed by atoms with Crippen LogP contribution < -0.4 is 0 Å². The first kappa shape index (κ1) is 20.6. The molecule has 0 radical (unpaired) electrons. The van der Waals surface area contributed by atoms with Gasteiger partial charge in [0, 0.05) is 38.8 Å². The summed E-state index contributed by atoms with van der Waals surface area (Å²) in [6.07, 6.45) is 0.583. The normalized spacial score (nSPS) is 24.0. The van der Waals surface area contributed by atoms with Gasteiger partial charge in [-0.05, 0) is 46.6 Å². The van der Waals surface area contributed by atoms with Crippen LogP contribution in [0, 0.1) is 6.92 Å². The molecule has 2 atom stereocenters. The molecule has 0 saturated carbocycles. The van der Waals surface area contributed by atoms with Crippen LogP contribution in [0.25, 0.3) is 0 Å². The molecule has 0 unspecified atom stereocenters. The number of hydrogen-bond donors (Lipinski definition) is 0. The molecule has 2 heterocycles. The maximum atomic E-state index is 13.0. The predicted octanol–water partition coefficient (Wildman–Crippen LogP) is 3.04. The van der Waals surface area contributed by atoms with Crippen molar-refractivity contribution >= 4 is 12.0 Å². The Kier molecular flexibility index (Phi) is 5.98. The van der Waals surface area contributed by atoms with E-state index in [1.807, 2.05) is 25.7 Å². The van der Waals surface area contributed by atoms with Gasteiger partial charge in [-0.15, -0.1) is 0 Å². The first-order chi connectivity index (χ1) is 13.1. The highest BCUT2D eigenvalue weighted by Crippen LogP contribution is 2.24. The van der Waals surface area contributed by atoms with Crippen LogP contribution in [0.3, 0.4) is 0 Å². The van der Waals surface area contributed by atoms with Crippen molar-refractivity contribution in [2.45, 2.75) is 65.3 Å². The molecule has 6 heteroatoms. The summed E-state index contributed by atoms with van der Waals surface area (Å²) in [6.45, 7) is 13.1. The zero-order valence-corrected chi connectivity index (χ0v) is 17.8. The number of hydrogen-bond acceptors (Lipinski definition) is 4. The Hall–Kier alpha value is -2.08. The zero-order chi connectivity index (χ0) is 20.5. The third-order valence-corrected chi connectivity index (χ3v) is 5.49. The van der Waals surface area contributed by atoms with Crippen LogP contribution in [-0.4, -0.2) is 70.6 Å². The largest absolute Gasteiger partial charge is 0.444 e. The van der Waals surface area contributed by atoms with E-state index in [1.54, 1.807) is 4.90 Å². The van der Waals surface area contributed by atoms with E-state index in [4.69, 9.17) is 4.74 Å². The van der Waals surface area contributed by atoms with Gasteiger partial charge in [-0.3, -0.25) is 9.69 Å². The lowest BCUT2D eigenvalue weighted by Crippen LogP contribution is -2.58. The summed E-state index contributed by atoms with van der Waals surface area (Å²) in [4.78, 5) is 31.3. The van der Waals surface area contributed by atoms with Gasteiger partial charge in [0.25, 0.3) is 0 Å². The average Bonchev–Trinajstić information content (AvgIpc) is 2.96. The van der Waals surface area contributed by atoms with E-state index in [9.17, 15) is 9.59 Å². The number of piperazine rings is 1. The van der Waals surface area contributed by atoms with Crippen molar-refractivity contribution in [3.8, 4) is 0 Å². The molecule has 0 aromatic heterocycles. The summed E-state index contributed by atoms with van der Waals surface area (Å²) in [5.41, 5.74) is 1.91. The number of likely N-dealkylation sites (tertiary alicyclic amines) is 1. The van der Waals surface area contributed by atoms with Gasteiger partial charge in [0.15, 0.2) is 0 Å². The highest BCUT2D eigenvalue weighted by Gasteiger charge is 2.40. The van der Waals surface area contributed by atoms with Gasteiger partial charge in [-0.2, -0.15) is 0 Å². The van der Waals surface area contributed by atoms with Crippen LogP contribution in [0.1, 0.15) is 45.2 Å². The van der Waals surface area contributed by atoms with Crippen molar-refractivity contribution in [3.63, 3.8) is 0 Å². The van der Waals surface area contributed by atoms with Gasteiger partial charge in [0.05, 0.1) is 6.04 Å². The summed E-state index contributed by atoms with van der Waals surface area (Å²) in [7, 11) is 0. The van der Waals surface area contributed by atoms with Gasteiger partial charge < -0.3 is 14.5 Å². The van der Waals surface area contributed by atoms with Gasteiger partial charge in [0.1, 0.15) is 5.60 Å². The van der Waals surface area contributed by atoms with Crippen molar-refractivity contribution in [2.75, 3.05) is 26.2 Å². The molecule has 2 amide bonds. The molecule has 154 valence electrons. The second kappa shape index (κ2) is 8.11. The molecule has 0 spiro atoms. The number of aryl methyl sites for hydroxylation is 1. The van der Waals surface area contributed by atoms with Crippen LogP contribution >= 0.6 is 0 Å². The molecule has 2 aliphatic heterocycles. The van der Waals surface area contributed by atoms with E-state index in [2.05, 4.69) is 43.0 Å². The van der Waals surface area contributed by atoms with Gasteiger partial charge >= 0.3 is 6.09 Å². The van der Waals surface area contributed by atoms with Crippen molar-refractivity contribution in [1.82, 2.24) is 14.7 Å². The summed E-state index contributed by atoms with van der Waals surface area (Å²) < 4.78 is 5.49. The molecular weight excluding hydrogens is 354 g/mol.